The van der Waals surface area contributed by atoms with Crippen LogP contribution < -0.4 is 0 Å². The van der Waals surface area contributed by atoms with Crippen molar-refractivity contribution < 1.29 is 9.59 Å². The summed E-state index contributed by atoms with van der Waals surface area (Å²) in [5.41, 5.74) is 1.18. The number of hydrogen-bond acceptors (Lipinski definition) is 3. The third-order valence-corrected chi connectivity index (χ3v) is 3.92. The summed E-state index contributed by atoms with van der Waals surface area (Å²) < 4.78 is 0. The number of rotatable bonds is 0. The first kappa shape index (κ1) is 11.4. The van der Waals surface area contributed by atoms with Gasteiger partial charge in [-0.3, -0.25) is 9.59 Å². The third-order valence-electron chi connectivity index (χ3n) is 3.57. The smallest absolute Gasteiger partial charge is 0.171 e. The first-order chi connectivity index (χ1) is 8.59. The molecule has 3 rings (SSSR count). The summed E-state index contributed by atoms with van der Waals surface area (Å²) in [6.07, 6.45) is 1.80. The van der Waals surface area contributed by atoms with E-state index in [2.05, 4.69) is 0 Å². The van der Waals surface area contributed by atoms with Gasteiger partial charge in [-0.05, 0) is 0 Å². The molecule has 0 fully saturated rings. The Morgan fingerprint density at radius 2 is 1.72 bits per heavy atom. The van der Waals surface area contributed by atoms with Crippen LogP contribution in [0.4, 0.5) is 0 Å². The predicted molar refractivity (Wildman–Crippen MR) is 68.4 cm³/mol. The highest BCUT2D eigenvalue weighted by Crippen LogP contribution is 2.38. The number of carbonyl (C=O) groups excluding carboxylic acids is 2. The van der Waals surface area contributed by atoms with E-state index < -0.39 is 11.8 Å². The van der Waals surface area contributed by atoms with Crippen molar-refractivity contribution >= 4 is 28.9 Å². The Kier molecular flexibility index (Phi) is 2.45. The topological polar surface area (TPSA) is 58.0 Å². The zero-order valence-electron chi connectivity index (χ0n) is 9.44. The summed E-state index contributed by atoms with van der Waals surface area (Å²) in [7, 11) is 0. The van der Waals surface area contributed by atoms with Gasteiger partial charge in [-0.25, -0.2) is 0 Å². The second-order valence-electron chi connectivity index (χ2n) is 4.60. The van der Waals surface area contributed by atoms with E-state index in [9.17, 15) is 9.59 Å². The lowest BCUT2D eigenvalue weighted by Crippen LogP contribution is -2.39. The minimum atomic E-state index is -0.506. The summed E-state index contributed by atoms with van der Waals surface area (Å²) in [6, 6.07) is 6.85. The number of nitrogens with one attached hydrogen (secondary N) is 1. The van der Waals surface area contributed by atoms with Crippen LogP contribution in [-0.2, 0) is 0 Å². The maximum atomic E-state index is 12.3. The minimum absolute atomic E-state index is 0.0552. The summed E-state index contributed by atoms with van der Waals surface area (Å²) in [6.45, 7) is 0. The van der Waals surface area contributed by atoms with Crippen LogP contribution in [0.5, 0.6) is 0 Å². The van der Waals surface area contributed by atoms with E-state index in [1.807, 2.05) is 0 Å². The van der Waals surface area contributed by atoms with Crippen molar-refractivity contribution in [1.29, 1.82) is 5.41 Å². The molecule has 0 heterocycles. The Balaban J connectivity index is 2.18. The largest absolute Gasteiger partial charge is 0.304 e. The van der Waals surface area contributed by atoms with Crippen molar-refractivity contribution in [3.63, 3.8) is 0 Å². The lowest BCUT2D eigenvalue weighted by molar-refractivity contribution is 0.0772. The fourth-order valence-corrected chi connectivity index (χ4v) is 2.84. The van der Waals surface area contributed by atoms with Crippen LogP contribution in [0.15, 0.2) is 35.4 Å². The molecule has 2 aliphatic carbocycles. The summed E-state index contributed by atoms with van der Waals surface area (Å²) in [5, 5.41) is 7.98. The number of fused-ring (bicyclic) bond motifs is 2. The van der Waals surface area contributed by atoms with Crippen molar-refractivity contribution in [3.05, 3.63) is 46.5 Å². The first-order valence-electron chi connectivity index (χ1n) is 5.72. The quantitative estimate of drug-likeness (QED) is 0.779. The Bertz CT molecular complexity index is 618. The zero-order valence-corrected chi connectivity index (χ0v) is 10.2. The van der Waals surface area contributed by atoms with E-state index in [-0.39, 0.29) is 28.7 Å². The fraction of sp³-hybridized carbons (Fsp3) is 0.214. The molecule has 3 nitrogen and oxygen atoms in total. The van der Waals surface area contributed by atoms with Crippen LogP contribution in [-0.4, -0.2) is 17.3 Å². The molecule has 0 bridgehead atoms. The third kappa shape index (κ3) is 1.47. The van der Waals surface area contributed by atoms with Crippen molar-refractivity contribution in [2.75, 3.05) is 0 Å². The molecule has 2 atom stereocenters. The van der Waals surface area contributed by atoms with E-state index in [0.717, 1.165) is 0 Å². The number of benzene rings is 1. The van der Waals surface area contributed by atoms with Crippen LogP contribution in [0, 0.1) is 17.2 Å². The monoisotopic (exact) mass is 259 g/mol. The average Bonchev–Trinajstić information content (AvgIpc) is 2.38. The average molecular weight is 260 g/mol. The van der Waals surface area contributed by atoms with Crippen molar-refractivity contribution in [3.8, 4) is 0 Å². The molecule has 4 heteroatoms. The molecular weight excluding hydrogens is 250 g/mol. The standard InChI is InChI=1S/C14H10ClNO2/c15-11-5-9-10(6-12(11)16)14(18)8-4-2-1-3-7(8)13(9)17/h1-5,9-10,16H,6H2/t9-,10+/m1/s1. The van der Waals surface area contributed by atoms with Gasteiger partial charge in [-0.15, -0.1) is 0 Å². The van der Waals surface area contributed by atoms with Gasteiger partial charge in [0.25, 0.3) is 0 Å². The van der Waals surface area contributed by atoms with Gasteiger partial charge in [0.2, 0.25) is 0 Å². The van der Waals surface area contributed by atoms with Gasteiger partial charge in [0, 0.05) is 23.5 Å². The molecule has 0 saturated carbocycles. The van der Waals surface area contributed by atoms with Crippen molar-refractivity contribution in [2.45, 2.75) is 6.42 Å². The van der Waals surface area contributed by atoms with E-state index in [1.54, 1.807) is 30.3 Å². The highest BCUT2D eigenvalue weighted by Gasteiger charge is 2.42. The van der Waals surface area contributed by atoms with Crippen LogP contribution >= 0.6 is 11.6 Å². The number of ketones is 2. The molecule has 1 aromatic carbocycles. The molecule has 2 aliphatic rings. The molecule has 1 N–H and O–H groups in total. The molecule has 0 radical (unpaired) electrons. The maximum Gasteiger partial charge on any atom is 0.171 e. The Labute approximate surface area is 109 Å². The van der Waals surface area contributed by atoms with Crippen LogP contribution in [0.25, 0.3) is 0 Å². The molecule has 1 aromatic rings. The molecule has 0 saturated heterocycles. The molecular formula is C14H10ClNO2. The summed E-state index contributed by atoms with van der Waals surface area (Å²) in [4.78, 5) is 24.7. The van der Waals surface area contributed by atoms with Gasteiger partial charge in [0.05, 0.1) is 16.7 Å². The normalized spacial score (nSPS) is 26.5. The summed E-state index contributed by atoms with van der Waals surface area (Å²) >= 11 is 5.90. The highest BCUT2D eigenvalue weighted by molar-refractivity contribution is 6.44. The number of allylic oxidation sites excluding steroid dienone is 2. The van der Waals surface area contributed by atoms with E-state index >= 15 is 0 Å². The van der Waals surface area contributed by atoms with Gasteiger partial charge in [-0.1, -0.05) is 41.9 Å². The Morgan fingerprint density at radius 3 is 2.39 bits per heavy atom. The summed E-state index contributed by atoms with van der Waals surface area (Å²) in [5.74, 6) is -1.09. The first-order valence-corrected chi connectivity index (χ1v) is 6.10. The Hall–Kier alpha value is -1.74. The van der Waals surface area contributed by atoms with Gasteiger partial charge in [0.15, 0.2) is 11.6 Å². The second kappa shape index (κ2) is 3.89. The van der Waals surface area contributed by atoms with Crippen molar-refractivity contribution in [2.24, 2.45) is 11.8 Å². The van der Waals surface area contributed by atoms with Crippen LogP contribution in [0.3, 0.4) is 0 Å². The van der Waals surface area contributed by atoms with Crippen LogP contribution in [0.2, 0.25) is 0 Å². The maximum absolute atomic E-state index is 12.3. The number of halogens is 1. The van der Waals surface area contributed by atoms with Gasteiger partial charge >= 0.3 is 0 Å². The molecule has 18 heavy (non-hydrogen) atoms. The van der Waals surface area contributed by atoms with Gasteiger partial charge < -0.3 is 5.41 Å². The number of Topliss-reactive ketones (excluding diaryl/α,β-unsaturated/α-hetero) is 2. The minimum Gasteiger partial charge on any atom is -0.304 e. The van der Waals surface area contributed by atoms with Crippen molar-refractivity contribution in [1.82, 2.24) is 0 Å². The number of carbonyl (C=O) groups is 2. The molecule has 0 aliphatic heterocycles. The molecule has 0 spiro atoms. The Morgan fingerprint density at radius 1 is 1.11 bits per heavy atom. The van der Waals surface area contributed by atoms with E-state index in [4.69, 9.17) is 17.0 Å². The van der Waals surface area contributed by atoms with Gasteiger partial charge in [0.1, 0.15) is 0 Å². The van der Waals surface area contributed by atoms with Gasteiger partial charge in [-0.2, -0.15) is 0 Å². The predicted octanol–water partition coefficient (Wildman–Crippen LogP) is 2.84. The molecule has 0 aromatic heterocycles. The van der Waals surface area contributed by atoms with Crippen LogP contribution in [0.1, 0.15) is 27.1 Å². The SMILES string of the molecule is N=C1C[C@@H]2C(=O)c3ccccc3C(=O)[C@@H]2C=C1Cl. The second-order valence-corrected chi connectivity index (χ2v) is 5.01. The zero-order chi connectivity index (χ0) is 12.9. The lowest BCUT2D eigenvalue weighted by atomic mass is 9.69. The molecule has 90 valence electrons. The highest BCUT2D eigenvalue weighted by atomic mass is 35.5. The molecule has 0 unspecified atom stereocenters. The lowest BCUT2D eigenvalue weighted by Gasteiger charge is -2.32. The van der Waals surface area contributed by atoms with E-state index in [0.29, 0.717) is 11.1 Å². The molecule has 0 amide bonds. The number of hydrogen-bond donors (Lipinski definition) is 1. The van der Waals surface area contributed by atoms with E-state index in [1.165, 1.54) is 0 Å². The fourth-order valence-electron chi connectivity index (χ4n) is 2.63.